The summed E-state index contributed by atoms with van der Waals surface area (Å²) in [6, 6.07) is 2.26. The highest BCUT2D eigenvalue weighted by atomic mass is 16.5. The summed E-state index contributed by atoms with van der Waals surface area (Å²) in [5.41, 5.74) is 0. The van der Waals surface area contributed by atoms with Gasteiger partial charge >= 0.3 is 6.03 Å². The van der Waals surface area contributed by atoms with Gasteiger partial charge in [-0.15, -0.1) is 0 Å². The van der Waals surface area contributed by atoms with E-state index >= 15 is 0 Å². The maximum absolute atomic E-state index is 11.9. The molecule has 1 aliphatic heterocycles. The minimum atomic E-state index is -0.0459. The highest BCUT2D eigenvalue weighted by Crippen LogP contribution is 2.24. The van der Waals surface area contributed by atoms with Crippen LogP contribution in [0, 0.1) is 17.2 Å². The van der Waals surface area contributed by atoms with Gasteiger partial charge in [0, 0.05) is 19.1 Å². The summed E-state index contributed by atoms with van der Waals surface area (Å²) in [7, 11) is 0. The van der Waals surface area contributed by atoms with Crippen LogP contribution in [-0.2, 0) is 4.74 Å². The molecule has 0 spiro atoms. The molecular weight excluding hydrogens is 206 g/mol. The van der Waals surface area contributed by atoms with E-state index in [4.69, 9.17) is 10.00 Å². The first-order chi connectivity index (χ1) is 7.81. The summed E-state index contributed by atoms with van der Waals surface area (Å²) in [4.78, 5) is 13.6. The Bertz CT molecular complexity index is 294. The molecule has 1 aliphatic carbocycles. The van der Waals surface area contributed by atoms with Gasteiger partial charge in [-0.3, -0.25) is 0 Å². The van der Waals surface area contributed by atoms with Crippen LogP contribution in [0.2, 0.25) is 0 Å². The van der Waals surface area contributed by atoms with Crippen LogP contribution in [0.3, 0.4) is 0 Å². The summed E-state index contributed by atoms with van der Waals surface area (Å²) in [6.07, 6.45) is 2.87. The lowest BCUT2D eigenvalue weighted by Gasteiger charge is -2.28. The molecule has 0 aromatic rings. The van der Waals surface area contributed by atoms with Gasteiger partial charge in [0.15, 0.2) is 0 Å². The molecule has 2 aliphatic rings. The average molecular weight is 223 g/mol. The van der Waals surface area contributed by atoms with Crippen molar-refractivity contribution >= 4 is 6.03 Å². The van der Waals surface area contributed by atoms with Gasteiger partial charge in [0.25, 0.3) is 0 Å². The molecule has 0 aromatic carbocycles. The molecule has 1 saturated heterocycles. The summed E-state index contributed by atoms with van der Waals surface area (Å²) < 4.78 is 5.19. The highest BCUT2D eigenvalue weighted by Gasteiger charge is 2.30. The van der Waals surface area contributed by atoms with E-state index in [1.165, 1.54) is 0 Å². The van der Waals surface area contributed by atoms with Crippen molar-refractivity contribution in [1.29, 1.82) is 5.26 Å². The van der Waals surface area contributed by atoms with Gasteiger partial charge in [-0.1, -0.05) is 0 Å². The van der Waals surface area contributed by atoms with Crippen molar-refractivity contribution < 1.29 is 9.53 Å². The molecule has 1 N–H and O–H groups in total. The van der Waals surface area contributed by atoms with Gasteiger partial charge in [-0.05, 0) is 19.3 Å². The molecule has 2 atom stereocenters. The Kier molecular flexibility index (Phi) is 3.62. The van der Waals surface area contributed by atoms with E-state index in [1.807, 2.05) is 0 Å². The van der Waals surface area contributed by atoms with Crippen LogP contribution >= 0.6 is 0 Å². The van der Waals surface area contributed by atoms with Crippen LogP contribution in [0.1, 0.15) is 19.3 Å². The van der Waals surface area contributed by atoms with Gasteiger partial charge in [0.1, 0.15) is 0 Å². The van der Waals surface area contributed by atoms with Gasteiger partial charge < -0.3 is 15.0 Å². The maximum Gasteiger partial charge on any atom is 0.317 e. The molecule has 5 heteroatoms. The Morgan fingerprint density at radius 3 is 2.81 bits per heavy atom. The second-order valence-electron chi connectivity index (χ2n) is 4.32. The molecule has 0 radical (unpaired) electrons. The van der Waals surface area contributed by atoms with Gasteiger partial charge in [-0.25, -0.2) is 4.79 Å². The van der Waals surface area contributed by atoms with Crippen molar-refractivity contribution in [1.82, 2.24) is 10.2 Å². The van der Waals surface area contributed by atoms with Crippen molar-refractivity contribution in [2.45, 2.75) is 25.3 Å². The number of amides is 2. The minimum absolute atomic E-state index is 0.00927. The third-order valence-corrected chi connectivity index (χ3v) is 3.29. The number of nitrogens with zero attached hydrogens (tertiary/aromatic N) is 2. The molecule has 0 aromatic heterocycles. The van der Waals surface area contributed by atoms with E-state index in [1.54, 1.807) is 4.90 Å². The van der Waals surface area contributed by atoms with Gasteiger partial charge in [0.2, 0.25) is 0 Å². The van der Waals surface area contributed by atoms with Crippen molar-refractivity contribution in [2.75, 3.05) is 26.3 Å². The SMILES string of the molecule is N#CC1CCCC1NC(=O)N1CCOCC1. The fourth-order valence-electron chi connectivity index (χ4n) is 2.30. The number of hydrogen-bond donors (Lipinski definition) is 1. The Morgan fingerprint density at radius 1 is 1.38 bits per heavy atom. The van der Waals surface area contributed by atoms with E-state index in [9.17, 15) is 4.79 Å². The normalized spacial score (nSPS) is 29.8. The van der Waals surface area contributed by atoms with Crippen LogP contribution in [0.4, 0.5) is 4.79 Å². The third-order valence-electron chi connectivity index (χ3n) is 3.29. The standard InChI is InChI=1S/C11H17N3O2/c12-8-9-2-1-3-10(9)13-11(15)14-4-6-16-7-5-14/h9-10H,1-7H2,(H,13,15). The van der Waals surface area contributed by atoms with E-state index < -0.39 is 0 Å². The second kappa shape index (κ2) is 5.17. The number of hydrogen-bond acceptors (Lipinski definition) is 3. The Hall–Kier alpha value is -1.28. The largest absolute Gasteiger partial charge is 0.378 e. The molecule has 5 nitrogen and oxygen atoms in total. The summed E-state index contributed by atoms with van der Waals surface area (Å²) in [5, 5.41) is 11.9. The zero-order valence-electron chi connectivity index (χ0n) is 9.32. The number of morpholine rings is 1. The van der Waals surface area contributed by atoms with Crippen LogP contribution in [-0.4, -0.2) is 43.3 Å². The lowest BCUT2D eigenvalue weighted by atomic mass is 10.1. The summed E-state index contributed by atoms with van der Waals surface area (Å²) in [5.74, 6) is -0.00927. The van der Waals surface area contributed by atoms with Crippen molar-refractivity contribution in [3.05, 3.63) is 0 Å². The number of carbonyl (C=O) groups is 1. The van der Waals surface area contributed by atoms with E-state index in [0.29, 0.717) is 26.3 Å². The number of carbonyl (C=O) groups excluding carboxylic acids is 1. The first kappa shape index (κ1) is 11.2. The van der Waals surface area contributed by atoms with Crippen LogP contribution in [0.25, 0.3) is 0 Å². The fraction of sp³-hybridized carbons (Fsp3) is 0.818. The molecule has 16 heavy (non-hydrogen) atoms. The molecule has 1 heterocycles. The fourth-order valence-corrected chi connectivity index (χ4v) is 2.30. The number of urea groups is 1. The first-order valence-electron chi connectivity index (χ1n) is 5.84. The summed E-state index contributed by atoms with van der Waals surface area (Å²) in [6.45, 7) is 2.52. The molecule has 88 valence electrons. The number of nitrogens with one attached hydrogen (secondary N) is 1. The Balaban J connectivity index is 1.84. The lowest BCUT2D eigenvalue weighted by Crippen LogP contribution is -2.49. The van der Waals surface area contributed by atoms with Gasteiger partial charge in [-0.2, -0.15) is 5.26 Å². The number of rotatable bonds is 1. The smallest absolute Gasteiger partial charge is 0.317 e. The molecule has 2 amide bonds. The first-order valence-corrected chi connectivity index (χ1v) is 5.84. The lowest BCUT2D eigenvalue weighted by molar-refractivity contribution is 0.0523. The van der Waals surface area contributed by atoms with Crippen LogP contribution in [0.15, 0.2) is 0 Å². The number of nitriles is 1. The van der Waals surface area contributed by atoms with Crippen molar-refractivity contribution in [3.63, 3.8) is 0 Å². The van der Waals surface area contributed by atoms with Gasteiger partial charge in [0.05, 0.1) is 25.2 Å². The predicted molar refractivity (Wildman–Crippen MR) is 57.7 cm³/mol. The average Bonchev–Trinajstić information content (AvgIpc) is 2.77. The molecule has 1 saturated carbocycles. The minimum Gasteiger partial charge on any atom is -0.378 e. The molecular formula is C11H17N3O2. The van der Waals surface area contributed by atoms with E-state index in [2.05, 4.69) is 11.4 Å². The molecule has 0 bridgehead atoms. The Labute approximate surface area is 95.4 Å². The third kappa shape index (κ3) is 2.45. The number of ether oxygens (including phenoxy) is 1. The predicted octanol–water partition coefficient (Wildman–Crippen LogP) is 0.720. The van der Waals surface area contributed by atoms with Crippen LogP contribution < -0.4 is 5.32 Å². The topological polar surface area (TPSA) is 65.4 Å². The van der Waals surface area contributed by atoms with E-state index in [0.717, 1.165) is 19.3 Å². The summed E-state index contributed by atoms with van der Waals surface area (Å²) >= 11 is 0. The molecule has 2 unspecified atom stereocenters. The zero-order chi connectivity index (χ0) is 11.4. The molecule has 2 fully saturated rings. The van der Waals surface area contributed by atoms with Crippen molar-refractivity contribution in [2.24, 2.45) is 5.92 Å². The van der Waals surface area contributed by atoms with Crippen LogP contribution in [0.5, 0.6) is 0 Å². The van der Waals surface area contributed by atoms with Crippen molar-refractivity contribution in [3.8, 4) is 6.07 Å². The zero-order valence-corrected chi connectivity index (χ0v) is 9.32. The van der Waals surface area contributed by atoms with E-state index in [-0.39, 0.29) is 18.0 Å². The Morgan fingerprint density at radius 2 is 2.12 bits per heavy atom. The monoisotopic (exact) mass is 223 g/mol. The second-order valence-corrected chi connectivity index (χ2v) is 4.32. The highest BCUT2D eigenvalue weighted by molar-refractivity contribution is 5.74. The quantitative estimate of drug-likeness (QED) is 0.712. The molecule has 2 rings (SSSR count). The maximum atomic E-state index is 11.9.